The Morgan fingerprint density at radius 1 is 1.26 bits per heavy atom. The maximum Gasteiger partial charge on any atom is 0.224 e. The van der Waals surface area contributed by atoms with E-state index in [-0.39, 0.29) is 11.9 Å². The quantitative estimate of drug-likeness (QED) is 0.797. The highest BCUT2D eigenvalue weighted by Crippen LogP contribution is 2.12. The van der Waals surface area contributed by atoms with Gasteiger partial charge in [-0.2, -0.15) is 0 Å². The molecule has 1 amide bonds. The smallest absolute Gasteiger partial charge is 0.224 e. The van der Waals surface area contributed by atoms with E-state index in [9.17, 15) is 4.79 Å². The van der Waals surface area contributed by atoms with Crippen molar-refractivity contribution in [2.24, 2.45) is 5.92 Å². The van der Waals surface area contributed by atoms with Crippen LogP contribution in [0.15, 0.2) is 24.3 Å². The molecule has 1 rings (SSSR count). The number of benzene rings is 1. The number of rotatable bonds is 7. The number of halogens is 1. The van der Waals surface area contributed by atoms with E-state index < -0.39 is 0 Å². The number of carbonyl (C=O) groups is 1. The summed E-state index contributed by atoms with van der Waals surface area (Å²) in [5.74, 6) is 0.800. The minimum atomic E-state index is 0.0688. The second-order valence-corrected chi connectivity index (χ2v) is 6.04. The molecule has 1 atom stereocenters. The summed E-state index contributed by atoms with van der Waals surface area (Å²) < 4.78 is 0. The fourth-order valence-corrected chi connectivity index (χ4v) is 2.28. The van der Waals surface area contributed by atoms with E-state index in [2.05, 4.69) is 26.1 Å². The van der Waals surface area contributed by atoms with Crippen LogP contribution in [0.1, 0.15) is 45.6 Å². The minimum absolute atomic E-state index is 0.0688. The first-order chi connectivity index (χ1) is 8.97. The van der Waals surface area contributed by atoms with Crippen LogP contribution in [0.4, 0.5) is 0 Å². The molecule has 0 aliphatic heterocycles. The molecule has 0 saturated carbocycles. The lowest BCUT2D eigenvalue weighted by Gasteiger charge is -2.14. The number of nitrogens with one attached hydrogen (secondary N) is 1. The number of hydrogen-bond acceptors (Lipinski definition) is 1. The highest BCUT2D eigenvalue weighted by molar-refractivity contribution is 6.30. The summed E-state index contributed by atoms with van der Waals surface area (Å²) in [4.78, 5) is 11.9. The van der Waals surface area contributed by atoms with Crippen molar-refractivity contribution in [1.82, 2.24) is 5.32 Å². The maximum absolute atomic E-state index is 11.9. The lowest BCUT2D eigenvalue weighted by atomic mass is 10.0. The van der Waals surface area contributed by atoms with Gasteiger partial charge in [-0.25, -0.2) is 0 Å². The third-order valence-corrected chi connectivity index (χ3v) is 3.31. The van der Waals surface area contributed by atoms with Crippen molar-refractivity contribution in [1.29, 1.82) is 0 Å². The zero-order valence-corrected chi connectivity index (χ0v) is 12.8. The van der Waals surface area contributed by atoms with Gasteiger partial charge in [-0.3, -0.25) is 4.79 Å². The van der Waals surface area contributed by atoms with E-state index in [4.69, 9.17) is 11.6 Å². The van der Waals surface area contributed by atoms with Crippen LogP contribution in [0, 0.1) is 5.92 Å². The molecule has 0 fully saturated rings. The molecular weight excluding hydrogens is 258 g/mol. The van der Waals surface area contributed by atoms with E-state index in [1.54, 1.807) is 0 Å². The number of amides is 1. The van der Waals surface area contributed by atoms with Crippen LogP contribution in [0.25, 0.3) is 0 Å². The molecule has 1 aromatic rings. The molecular formula is C16H24ClNO. The van der Waals surface area contributed by atoms with Gasteiger partial charge in [-0.15, -0.1) is 0 Å². The Morgan fingerprint density at radius 2 is 2.00 bits per heavy atom. The highest BCUT2D eigenvalue weighted by atomic mass is 35.5. The summed E-state index contributed by atoms with van der Waals surface area (Å²) in [7, 11) is 0. The Bertz CT molecular complexity index is 403. The van der Waals surface area contributed by atoms with E-state index >= 15 is 0 Å². The topological polar surface area (TPSA) is 29.1 Å². The first-order valence-electron chi connectivity index (χ1n) is 7.01. The van der Waals surface area contributed by atoms with Gasteiger partial charge in [0, 0.05) is 11.1 Å². The number of hydrogen-bond donors (Lipinski definition) is 1. The van der Waals surface area contributed by atoms with Gasteiger partial charge < -0.3 is 5.32 Å². The van der Waals surface area contributed by atoms with Crippen molar-refractivity contribution in [2.75, 3.05) is 0 Å². The molecule has 3 heteroatoms. The molecule has 0 spiro atoms. The second-order valence-electron chi connectivity index (χ2n) is 5.60. The Balaban J connectivity index is 2.30. The summed E-state index contributed by atoms with van der Waals surface area (Å²) in [6.07, 6.45) is 3.82. The monoisotopic (exact) mass is 281 g/mol. The van der Waals surface area contributed by atoms with Crippen LogP contribution in [0.3, 0.4) is 0 Å². The predicted molar refractivity (Wildman–Crippen MR) is 81.4 cm³/mol. The molecule has 1 N–H and O–H groups in total. The fourth-order valence-electron chi connectivity index (χ4n) is 2.06. The summed E-state index contributed by atoms with van der Waals surface area (Å²) in [5, 5.41) is 3.72. The van der Waals surface area contributed by atoms with Gasteiger partial charge in [0.15, 0.2) is 0 Å². The molecule has 0 bridgehead atoms. The standard InChI is InChI=1S/C16H24ClNO/c1-12(2)6-4-7-13(3)18-16(19)11-14-8-5-9-15(17)10-14/h5,8-10,12-13H,4,6-7,11H2,1-3H3,(H,18,19). The summed E-state index contributed by atoms with van der Waals surface area (Å²) in [6, 6.07) is 7.69. The lowest BCUT2D eigenvalue weighted by Crippen LogP contribution is -2.33. The van der Waals surface area contributed by atoms with Crippen LogP contribution in [-0.4, -0.2) is 11.9 Å². The third-order valence-electron chi connectivity index (χ3n) is 3.08. The van der Waals surface area contributed by atoms with Gasteiger partial charge in [-0.05, 0) is 37.0 Å². The molecule has 0 aliphatic carbocycles. The average molecular weight is 282 g/mol. The fraction of sp³-hybridized carbons (Fsp3) is 0.562. The Kier molecular flexibility index (Phi) is 6.93. The SMILES string of the molecule is CC(C)CCCC(C)NC(=O)Cc1cccc(Cl)c1. The molecule has 1 unspecified atom stereocenters. The van der Waals surface area contributed by atoms with E-state index in [1.165, 1.54) is 6.42 Å². The third kappa shape index (κ3) is 7.22. The van der Waals surface area contributed by atoms with Crippen molar-refractivity contribution >= 4 is 17.5 Å². The average Bonchev–Trinajstić information content (AvgIpc) is 2.27. The van der Waals surface area contributed by atoms with Crippen molar-refractivity contribution < 1.29 is 4.79 Å². The first-order valence-corrected chi connectivity index (χ1v) is 7.39. The zero-order valence-electron chi connectivity index (χ0n) is 12.1. The highest BCUT2D eigenvalue weighted by Gasteiger charge is 2.08. The first kappa shape index (κ1) is 16.0. The molecule has 0 heterocycles. The van der Waals surface area contributed by atoms with Gasteiger partial charge in [0.05, 0.1) is 6.42 Å². The van der Waals surface area contributed by atoms with Gasteiger partial charge in [0.2, 0.25) is 5.91 Å². The number of carbonyl (C=O) groups excluding carboxylic acids is 1. The van der Waals surface area contributed by atoms with Crippen molar-refractivity contribution in [3.8, 4) is 0 Å². The molecule has 0 aromatic heterocycles. The van der Waals surface area contributed by atoms with Crippen LogP contribution in [0.2, 0.25) is 5.02 Å². The van der Waals surface area contributed by atoms with Crippen molar-refractivity contribution in [3.05, 3.63) is 34.9 Å². The van der Waals surface area contributed by atoms with Crippen LogP contribution in [-0.2, 0) is 11.2 Å². The normalized spacial score (nSPS) is 12.5. The van der Waals surface area contributed by atoms with Gasteiger partial charge in [-0.1, -0.05) is 50.4 Å². The van der Waals surface area contributed by atoms with Crippen LogP contribution < -0.4 is 5.32 Å². The maximum atomic E-state index is 11.9. The largest absolute Gasteiger partial charge is 0.353 e. The van der Waals surface area contributed by atoms with Crippen molar-refractivity contribution in [3.63, 3.8) is 0 Å². The van der Waals surface area contributed by atoms with E-state index in [0.29, 0.717) is 11.4 Å². The van der Waals surface area contributed by atoms with Gasteiger partial charge in [0.1, 0.15) is 0 Å². The Morgan fingerprint density at radius 3 is 2.63 bits per heavy atom. The molecule has 19 heavy (non-hydrogen) atoms. The minimum Gasteiger partial charge on any atom is -0.353 e. The lowest BCUT2D eigenvalue weighted by molar-refractivity contribution is -0.121. The zero-order chi connectivity index (χ0) is 14.3. The Labute approximate surface area is 121 Å². The van der Waals surface area contributed by atoms with Gasteiger partial charge >= 0.3 is 0 Å². The molecule has 0 aliphatic rings. The second kappa shape index (κ2) is 8.21. The predicted octanol–water partition coefficient (Wildman–Crippen LogP) is 4.21. The van der Waals surface area contributed by atoms with Crippen molar-refractivity contribution in [2.45, 2.75) is 52.5 Å². The summed E-state index contributed by atoms with van der Waals surface area (Å²) >= 11 is 5.90. The van der Waals surface area contributed by atoms with Crippen LogP contribution in [0.5, 0.6) is 0 Å². The summed E-state index contributed by atoms with van der Waals surface area (Å²) in [6.45, 7) is 6.51. The van der Waals surface area contributed by atoms with Gasteiger partial charge in [0.25, 0.3) is 0 Å². The van der Waals surface area contributed by atoms with E-state index in [0.717, 1.165) is 24.3 Å². The van der Waals surface area contributed by atoms with E-state index in [1.807, 2.05) is 24.3 Å². The molecule has 0 saturated heterocycles. The molecule has 2 nitrogen and oxygen atoms in total. The molecule has 1 aromatic carbocycles. The van der Waals surface area contributed by atoms with Crippen LogP contribution >= 0.6 is 11.6 Å². The molecule has 106 valence electrons. The summed E-state index contributed by atoms with van der Waals surface area (Å²) in [5.41, 5.74) is 0.958. The molecule has 0 radical (unpaired) electrons. The Hall–Kier alpha value is -1.02.